The molecule has 40 nitrogen and oxygen atoms in total. The fraction of sp³-hybridized carbons (Fsp3) is 0.576. The van der Waals surface area contributed by atoms with Crippen molar-refractivity contribution in [3.05, 3.63) is 120 Å². The highest BCUT2D eigenvalue weighted by atomic mass is 19.1. The van der Waals surface area contributed by atoms with Gasteiger partial charge in [0, 0.05) is 87.4 Å². The molecule has 3 aromatic heterocycles. The van der Waals surface area contributed by atoms with Crippen molar-refractivity contribution in [1.29, 1.82) is 0 Å². The molecule has 9 amide bonds. The summed E-state index contributed by atoms with van der Waals surface area (Å²) in [6, 6.07) is 5.40. The molecule has 9 N–H and O–H groups in total. The Labute approximate surface area is 781 Å². The fourth-order valence-electron chi connectivity index (χ4n) is 17.9. The minimum atomic E-state index is -1.50. The molecule has 44 heteroatoms. The maximum Gasteiger partial charge on any atom is 0.408 e. The van der Waals surface area contributed by atoms with Crippen LogP contribution < -0.4 is 36.8 Å². The van der Waals surface area contributed by atoms with Crippen molar-refractivity contribution in [1.82, 2.24) is 107 Å². The lowest BCUT2D eigenvalue weighted by molar-refractivity contribution is -0.146. The van der Waals surface area contributed by atoms with Gasteiger partial charge in [0.05, 0.1) is 18.1 Å². The van der Waals surface area contributed by atoms with Crippen LogP contribution in [0.3, 0.4) is 0 Å². The number of ether oxygens (including phenoxy) is 3. The van der Waals surface area contributed by atoms with Crippen LogP contribution in [0.1, 0.15) is 215 Å². The summed E-state index contributed by atoms with van der Waals surface area (Å²) in [5.41, 5.74) is -6.02. The highest BCUT2D eigenvalue weighted by Gasteiger charge is 2.64. The number of carbonyl (C=O) groups is 12. The molecule has 0 radical (unpaired) electrons. The normalized spacial score (nSPS) is 28.0. The number of aliphatic carboxylic acids is 3. The number of nitrogens with zero attached hydrogens (tertiary/aromatic N) is 16. The topological polar surface area (TPSA) is 509 Å². The van der Waals surface area contributed by atoms with Gasteiger partial charge in [-0.2, -0.15) is 14.4 Å². The van der Waals surface area contributed by atoms with E-state index >= 15 is 0 Å². The molecule has 3 saturated heterocycles. The first-order valence-electron chi connectivity index (χ1n) is 46.0. The molecule has 6 aliphatic heterocycles. The number of allylic oxidation sites excluding steroid dienone is 3. The molecule has 732 valence electrons. The van der Waals surface area contributed by atoms with Crippen LogP contribution in [0.5, 0.6) is 0 Å². The Kier molecular flexibility index (Phi) is 30.5. The molecule has 9 aliphatic rings. The van der Waals surface area contributed by atoms with Gasteiger partial charge in [-0.15, -0.1) is 30.6 Å². The number of amides is 9. The first kappa shape index (κ1) is 100. The Morgan fingerprint density at radius 1 is 0.426 bits per heavy atom. The van der Waals surface area contributed by atoms with Crippen LogP contribution in [0.15, 0.2) is 97.1 Å². The highest BCUT2D eigenvalue weighted by molar-refractivity contribution is 5.99. The lowest BCUT2D eigenvalue weighted by Gasteiger charge is -2.30. The average molecular weight is 1900 g/mol. The summed E-state index contributed by atoms with van der Waals surface area (Å²) in [5.74, 6) is -10.1. The van der Waals surface area contributed by atoms with E-state index in [4.69, 9.17) is 14.2 Å². The molecule has 0 bridgehead atoms. The summed E-state index contributed by atoms with van der Waals surface area (Å²) >= 11 is 0. The molecule has 3 aliphatic carbocycles. The molecule has 1 unspecified atom stereocenters. The van der Waals surface area contributed by atoms with E-state index < -0.39 is 189 Å². The number of tetrazole rings is 3. The van der Waals surface area contributed by atoms with E-state index in [-0.39, 0.29) is 105 Å². The third-order valence-electron chi connectivity index (χ3n) is 25.2. The number of hydrogen-bond donors (Lipinski definition) is 9. The third-order valence-corrected chi connectivity index (χ3v) is 25.2. The number of nitrogens with one attached hydrogen (secondary N) is 6. The van der Waals surface area contributed by atoms with Gasteiger partial charge in [0.2, 0.25) is 52.9 Å². The Bertz CT molecular complexity index is 5530. The van der Waals surface area contributed by atoms with Gasteiger partial charge in [-0.1, -0.05) is 87.1 Å². The minimum Gasteiger partial charge on any atom is -0.479 e. The zero-order chi connectivity index (χ0) is 98.3. The van der Waals surface area contributed by atoms with Crippen LogP contribution in [0.25, 0.3) is 34.2 Å². The Morgan fingerprint density at radius 3 is 1.06 bits per heavy atom. The number of carbonyl (C=O) groups excluding carboxylic acids is 9. The highest BCUT2D eigenvalue weighted by Crippen LogP contribution is 2.49. The Hall–Kier alpha value is -13.4. The van der Waals surface area contributed by atoms with Gasteiger partial charge in [-0.3, -0.25) is 28.8 Å². The number of hydrogen-bond acceptors (Lipinski definition) is 25. The van der Waals surface area contributed by atoms with Crippen LogP contribution in [0, 0.1) is 41.0 Å². The number of halogens is 4. The van der Waals surface area contributed by atoms with Gasteiger partial charge in [-0.05, 0) is 204 Å². The molecule has 3 saturated carbocycles. The molecular weight excluding hydrogens is 1780 g/mol. The summed E-state index contributed by atoms with van der Waals surface area (Å²) in [4.78, 5) is 168. The number of aromatic nitrogens is 12. The average Bonchev–Trinajstić information content (AvgIpc) is 1.59. The van der Waals surface area contributed by atoms with E-state index in [1.165, 1.54) is 90.5 Å². The SMILES string of the molecule is CC(C)(C)OC(=O)N[C@@H]1CCCCC/C=C\[C@@H]2C[C@]2(C(=O)O)NC(=O)[C@@H]2C[C@H](n3nnc(-c4ccc(F)cc4)n3)CN2C1=O.CC(C)(C)OC(=O)N[C@@H]1CCCCC/C=C\[C@@H]2C[C@]2(C(=O)O)NC(=O)[C@@H]2C[C@H](n3nnc(-c4cccc(F)c4)n3)CN2C1=O.CN(C)c1c(F)cc(-c2nnn(C3C[C@H]4C(=O)N[C@@]5(C(=O)O)C[C@H]5/C=C\CCCCC[C@@H](NC(=O)OC(C)(C)C)C(=O)N4C3)n2)cc1F. The fourth-order valence-corrected chi connectivity index (χ4v) is 17.9. The monoisotopic (exact) mass is 1890 g/mol. The second kappa shape index (κ2) is 41.5. The number of carboxylic acids is 3. The van der Waals surface area contributed by atoms with Crippen molar-refractivity contribution in [3.63, 3.8) is 0 Å². The largest absolute Gasteiger partial charge is 0.479 e. The van der Waals surface area contributed by atoms with Crippen molar-refractivity contribution in [2.75, 3.05) is 38.6 Å². The Balaban J connectivity index is 0.000000173. The van der Waals surface area contributed by atoms with Gasteiger partial charge in [0.15, 0.2) is 0 Å². The van der Waals surface area contributed by atoms with E-state index in [2.05, 4.69) is 78.1 Å². The van der Waals surface area contributed by atoms with Crippen LogP contribution in [-0.4, -0.2) is 266 Å². The van der Waals surface area contributed by atoms with Gasteiger partial charge >= 0.3 is 36.2 Å². The maximum absolute atomic E-state index is 14.7. The van der Waals surface area contributed by atoms with Gasteiger partial charge in [0.25, 0.3) is 0 Å². The number of carboxylic acid groups (broad SMARTS) is 3. The predicted octanol–water partition coefficient (Wildman–Crippen LogP) is 9.19. The smallest absolute Gasteiger partial charge is 0.408 e. The van der Waals surface area contributed by atoms with Crippen LogP contribution >= 0.6 is 0 Å². The third kappa shape index (κ3) is 24.3. The zero-order valence-corrected chi connectivity index (χ0v) is 77.8. The second-order valence-corrected chi connectivity index (χ2v) is 39.2. The first-order chi connectivity index (χ1) is 64.3. The van der Waals surface area contributed by atoms with Gasteiger partial charge in [-0.25, -0.2) is 46.3 Å². The van der Waals surface area contributed by atoms with Crippen molar-refractivity contribution in [2.45, 2.75) is 285 Å². The predicted molar refractivity (Wildman–Crippen MR) is 477 cm³/mol. The van der Waals surface area contributed by atoms with Crippen LogP contribution in [0.4, 0.5) is 37.6 Å². The van der Waals surface area contributed by atoms with E-state index in [1.54, 1.807) is 68.4 Å². The van der Waals surface area contributed by atoms with E-state index in [0.717, 1.165) is 63.5 Å². The minimum absolute atomic E-state index is 0.00573. The summed E-state index contributed by atoms with van der Waals surface area (Å²) < 4.78 is 72.9. The van der Waals surface area contributed by atoms with Crippen molar-refractivity contribution in [3.8, 4) is 34.2 Å². The molecule has 0 spiro atoms. The number of alkyl carbamates (subject to hydrolysis) is 3. The van der Waals surface area contributed by atoms with Crippen molar-refractivity contribution < 1.29 is 105 Å². The first-order valence-corrected chi connectivity index (χ1v) is 46.0. The van der Waals surface area contributed by atoms with Crippen molar-refractivity contribution >= 4 is 77.3 Å². The van der Waals surface area contributed by atoms with Gasteiger partial charge < -0.3 is 81.0 Å². The van der Waals surface area contributed by atoms with E-state index in [9.17, 15) is 90.4 Å². The number of anilines is 1. The molecule has 6 fully saturated rings. The summed E-state index contributed by atoms with van der Waals surface area (Å²) in [5, 5.41) is 84.0. The number of rotatable bonds is 13. The summed E-state index contributed by atoms with van der Waals surface area (Å²) in [6.45, 7) is 15.4. The molecule has 6 aromatic rings. The maximum atomic E-state index is 14.7. The second-order valence-electron chi connectivity index (χ2n) is 39.2. The van der Waals surface area contributed by atoms with E-state index in [0.29, 0.717) is 49.7 Å². The molecule has 136 heavy (non-hydrogen) atoms. The molecular formula is C92H118F4N22O18. The molecule has 9 heterocycles. The standard InChI is InChI=1S/C32H42F2N8O6.2C30H38FN7O6/c1-31(2,3)48-30(47)35-23-12-10-8-6-7-9-11-19-16-32(19,29(45)46)36-27(43)24-15-20(17-41(24)28(23)44)42-38-26(37-39-42)18-13-21(33)25(40(4)5)22(34)14-18;1-29(2,3)44-28(43)32-22-13-8-6-4-5-7-11-19-16-30(19,27(41)42)33-25(39)23-15-21(17-37(23)26(22)40)38-35-24(34-36-38)18-10-9-12-20(31)14-18;1-29(2,3)44-28(43)32-22-10-8-6-4-5-7-9-19-16-30(19,27(41)42)33-25(39)23-15-21(17-37(23)26(22)40)38-35-24(34-36-38)18-11-13-20(31)14-12-18/h9,11,13-14,19-20,23-24H,6-8,10,12,15-17H2,1-5H3,(H,35,47)(H,36,43)(H,45,46);7,9-12,14,19,21-23H,4-6,8,13,15-17H2,1-3H3,(H,32,43)(H,33,39)(H,41,42);7,9,11-14,19,21-23H,4-6,8,10,15-17H2,1-3H3,(H,32,43)(H,33,39)(H,41,42)/b11-9-;11-7-;9-7-/t19-,20?,23-,24+,32+;2*19-,21+,22-,23+,30+/m111/s1. The molecule has 15 rings (SSSR count). The zero-order valence-electron chi connectivity index (χ0n) is 77.8. The summed E-state index contributed by atoms with van der Waals surface area (Å²) in [7, 11) is 3.02. The molecule has 3 aromatic carbocycles. The van der Waals surface area contributed by atoms with Crippen molar-refractivity contribution in [2.24, 2.45) is 17.8 Å². The lowest BCUT2D eigenvalue weighted by Crippen LogP contribution is -2.56. The van der Waals surface area contributed by atoms with Crippen LogP contribution in [-0.2, 0) is 57.4 Å². The lowest BCUT2D eigenvalue weighted by atomic mass is 10.0. The number of benzene rings is 3. The van der Waals surface area contributed by atoms with Gasteiger partial charge in [0.1, 0.15) is 98.6 Å². The van der Waals surface area contributed by atoms with E-state index in [1.807, 2.05) is 36.5 Å². The van der Waals surface area contributed by atoms with Crippen LogP contribution in [0.2, 0.25) is 0 Å². The number of fused-ring (bicyclic) bond motifs is 6. The Morgan fingerprint density at radius 2 is 0.750 bits per heavy atom. The summed E-state index contributed by atoms with van der Waals surface area (Å²) in [6.07, 6.45) is 19.6. The molecule has 15 atom stereocenters. The quantitative estimate of drug-likeness (QED) is 0.0295.